The van der Waals surface area contributed by atoms with Crippen LogP contribution in [-0.2, 0) is 30.5 Å². The van der Waals surface area contributed by atoms with Crippen molar-refractivity contribution in [2.24, 2.45) is 0 Å². The van der Waals surface area contributed by atoms with Gasteiger partial charge < -0.3 is 47.2 Å². The van der Waals surface area contributed by atoms with E-state index < -0.39 is 63.4 Å². The van der Waals surface area contributed by atoms with Crippen molar-refractivity contribution >= 4 is 39.0 Å². The first-order chi connectivity index (χ1) is 9.65. The molecule has 0 bridgehead atoms. The van der Waals surface area contributed by atoms with Crippen LogP contribution >= 0.6 is 0 Å². The average Bonchev–Trinajstić information content (AvgIpc) is 2.50. The maximum atomic E-state index is 11.2. The molecule has 23 heavy (non-hydrogen) atoms. The molecule has 0 spiro atoms. The summed E-state index contributed by atoms with van der Waals surface area (Å²) in [5.41, 5.74) is 0. The van der Waals surface area contributed by atoms with E-state index in [0.29, 0.717) is 0 Å². The molecule has 0 aromatic rings. The molecule has 0 amide bonds. The van der Waals surface area contributed by atoms with Gasteiger partial charge in [-0.25, -0.2) is 0 Å². The van der Waals surface area contributed by atoms with Gasteiger partial charge in [-0.2, -0.15) is 0 Å². The molecule has 0 radical (unpaired) electrons. The fourth-order valence-electron chi connectivity index (χ4n) is 1.08. The van der Waals surface area contributed by atoms with E-state index in [1.165, 1.54) is 0 Å². The van der Waals surface area contributed by atoms with Gasteiger partial charge in [-0.15, -0.1) is 0 Å². The van der Waals surface area contributed by atoms with Crippen LogP contribution in [0.25, 0.3) is 0 Å². The third kappa shape index (κ3) is 6.31. The van der Waals surface area contributed by atoms with Crippen molar-refractivity contribution in [3.8, 4) is 0 Å². The van der Waals surface area contributed by atoms with Crippen molar-refractivity contribution in [3.05, 3.63) is 0 Å². The molecule has 0 saturated carbocycles. The molecule has 1 heterocycles. The second-order valence-electron chi connectivity index (χ2n) is 3.70. The van der Waals surface area contributed by atoms with E-state index in [9.17, 15) is 24.3 Å². The molecule has 6 N–H and O–H groups in total. The molecule has 1 aliphatic heterocycles. The van der Waals surface area contributed by atoms with Crippen LogP contribution in [0.3, 0.4) is 0 Å². The Hall–Kier alpha value is -0.788. The van der Waals surface area contributed by atoms with Crippen molar-refractivity contribution in [2.75, 3.05) is 0 Å². The summed E-state index contributed by atoms with van der Waals surface area (Å²) in [5.74, 6) is -6.99. The fourth-order valence-corrected chi connectivity index (χ4v) is 2.21. The van der Waals surface area contributed by atoms with Gasteiger partial charge >= 0.3 is 62.6 Å². The second-order valence-corrected chi connectivity index (χ2v) is 4.98. The van der Waals surface area contributed by atoms with E-state index in [1.54, 1.807) is 0 Å². The summed E-state index contributed by atoms with van der Waals surface area (Å²) in [6.45, 7) is 0. The topological polar surface area (TPSA) is 231 Å². The van der Waals surface area contributed by atoms with Crippen LogP contribution in [0.5, 0.6) is 0 Å². The fraction of sp³-hybridized carbons (Fsp3) is 0.500. The molecule has 124 valence electrons. The maximum Gasteiger partial charge on any atom is 1.20 e. The normalized spacial score (nSPS) is 23.0. The first-order valence-electron chi connectivity index (χ1n) is 5.19. The summed E-state index contributed by atoms with van der Waals surface area (Å²) in [4.78, 5) is 43.8. The molecule has 15 heteroatoms. The Morgan fingerprint density at radius 2 is 1.48 bits per heavy atom. The Balaban J connectivity index is 0. The zero-order valence-corrected chi connectivity index (χ0v) is 14.6. The van der Waals surface area contributed by atoms with E-state index in [1.807, 2.05) is 0 Å². The number of carbonyl (C=O) groups is 4. The van der Waals surface area contributed by atoms with Crippen LogP contribution < -0.4 is 34.7 Å². The Bertz CT molecular complexity index is 447. The van der Waals surface area contributed by atoms with Crippen molar-refractivity contribution in [3.63, 3.8) is 0 Å². The average molecular weight is 364 g/mol. The largest absolute Gasteiger partial charge is 1.20 e. The number of carboxylic acids is 1. The van der Waals surface area contributed by atoms with Crippen LogP contribution in [0, 0.1) is 0 Å². The molecule has 4 atom stereocenters. The zero-order chi connectivity index (χ0) is 16.3. The predicted molar refractivity (Wildman–Crippen MR) is 56.7 cm³/mol. The molecular weight excluding hydrogens is 354 g/mol. The molecule has 13 nitrogen and oxygen atoms in total. The Morgan fingerprint density at radius 1 is 1.09 bits per heavy atom. The first-order valence-corrected chi connectivity index (χ1v) is 6.61. The number of hydrogen-bond acceptors (Lipinski definition) is 12. The molecule has 0 aliphatic carbocycles. The van der Waals surface area contributed by atoms with E-state index in [-0.39, 0.29) is 35.0 Å². The molecule has 0 aromatic carbocycles. The van der Waals surface area contributed by atoms with Gasteiger partial charge in [0.2, 0.25) is 0 Å². The van der Waals surface area contributed by atoms with Crippen LogP contribution in [0.1, 0.15) is 0 Å². The Labute approximate surface area is 154 Å². The number of aliphatic hydroxyl groups excluding tert-OH is 4. The molecule has 4 unspecified atom stereocenters. The predicted octanol–water partition coefficient (Wildman–Crippen LogP) is -10.0. The maximum absolute atomic E-state index is 11.2. The van der Waals surface area contributed by atoms with Crippen molar-refractivity contribution in [1.29, 1.82) is 0 Å². The summed E-state index contributed by atoms with van der Waals surface area (Å²) in [6.07, 6.45) is -9.72. The summed E-state index contributed by atoms with van der Waals surface area (Å²) < 4.78 is 12.8. The molecular formula is C8H10AlNaO13. The van der Waals surface area contributed by atoms with E-state index in [2.05, 4.69) is 11.4 Å². The first kappa shape index (κ1) is 24.5. The molecule has 1 rings (SSSR count). The zero-order valence-electron chi connectivity index (χ0n) is 11.4. The van der Waals surface area contributed by atoms with Gasteiger partial charge in [0.15, 0.2) is 18.3 Å². The van der Waals surface area contributed by atoms with Gasteiger partial charge in [0, 0.05) is 0 Å². The van der Waals surface area contributed by atoms with E-state index in [0.717, 1.165) is 0 Å². The summed E-state index contributed by atoms with van der Waals surface area (Å²) in [7, 11) is 0. The molecule has 1 aliphatic rings. The number of aliphatic carboxylic acids is 1. The van der Waals surface area contributed by atoms with Crippen molar-refractivity contribution in [1.82, 2.24) is 0 Å². The van der Waals surface area contributed by atoms with Gasteiger partial charge in [0.25, 0.3) is 0 Å². The number of hydrogen-bond donors (Lipinski definition) is 4. The number of carbonyl (C=O) groups excluding carboxylic acids is 4. The number of aliphatic hydroxyl groups is 4. The summed E-state index contributed by atoms with van der Waals surface area (Å²) in [6, 6.07) is 0. The summed E-state index contributed by atoms with van der Waals surface area (Å²) in [5, 5.41) is 46.4. The van der Waals surface area contributed by atoms with Crippen LogP contribution in [0.15, 0.2) is 0 Å². The van der Waals surface area contributed by atoms with Gasteiger partial charge in [-0.3, -0.25) is 14.4 Å². The third-order valence-electron chi connectivity index (χ3n) is 2.20. The van der Waals surface area contributed by atoms with Crippen LogP contribution in [-0.4, -0.2) is 89.3 Å². The smallest absolute Gasteiger partial charge is 0.549 e. The van der Waals surface area contributed by atoms with Crippen LogP contribution in [0.4, 0.5) is 0 Å². The van der Waals surface area contributed by atoms with Crippen molar-refractivity contribution in [2.45, 2.75) is 24.4 Å². The minimum Gasteiger partial charge on any atom is -0.549 e. The van der Waals surface area contributed by atoms with Crippen LogP contribution in [0.2, 0.25) is 0 Å². The van der Waals surface area contributed by atoms with E-state index in [4.69, 9.17) is 20.4 Å². The van der Waals surface area contributed by atoms with Gasteiger partial charge in [0.05, 0.1) is 5.97 Å². The minimum atomic E-state index is -3.90. The number of rotatable bonds is 4. The molecule has 0 aromatic heterocycles. The third-order valence-corrected chi connectivity index (χ3v) is 3.48. The Kier molecular flexibility index (Phi) is 10.8. The monoisotopic (exact) mass is 364 g/mol. The molecule has 1 fully saturated rings. The van der Waals surface area contributed by atoms with Crippen molar-refractivity contribution < 1.29 is 91.1 Å². The van der Waals surface area contributed by atoms with Gasteiger partial charge in [0.1, 0.15) is 6.10 Å². The van der Waals surface area contributed by atoms with Gasteiger partial charge in [-0.05, 0) is 0 Å². The van der Waals surface area contributed by atoms with Gasteiger partial charge in [-0.1, -0.05) is 0 Å². The SMILES string of the molecule is O.O=C([O-])C(O)C(O)C(=O)[O][Al]1[O]C(=O)C(O)C(O)C(=O)[O]1.[Na+]. The standard InChI is InChI=1S/2C4H6O6.Al.Na.H2O/c2*5-1(3(7)8)2(6)4(9)10;;;/h2*1-2,5-6H,(H,7,8)(H,9,10);;;1H2/q;;+3;+1;/p-4. The summed E-state index contributed by atoms with van der Waals surface area (Å²) >= 11 is -3.90. The van der Waals surface area contributed by atoms with E-state index >= 15 is 0 Å². The number of carboxylic acid groups (broad SMARTS) is 1. The Morgan fingerprint density at radius 3 is 1.83 bits per heavy atom. The second kappa shape index (κ2) is 10.2. The molecule has 1 saturated heterocycles. The minimum absolute atomic E-state index is 0. The quantitative estimate of drug-likeness (QED) is 0.340.